The van der Waals surface area contributed by atoms with Gasteiger partial charge in [-0.1, -0.05) is 6.07 Å². The number of aliphatic hydroxyl groups excluding tert-OH is 1. The van der Waals surface area contributed by atoms with E-state index in [2.05, 4.69) is 9.88 Å². The van der Waals surface area contributed by atoms with Gasteiger partial charge in [0.05, 0.1) is 23.7 Å². The van der Waals surface area contributed by atoms with E-state index in [9.17, 15) is 19.8 Å². The minimum Gasteiger partial charge on any atom is -0.480 e. The highest BCUT2D eigenvalue weighted by Crippen LogP contribution is 2.28. The van der Waals surface area contributed by atoms with Crippen LogP contribution >= 0.6 is 0 Å². The molecule has 0 spiro atoms. The zero-order valence-corrected chi connectivity index (χ0v) is 19.8. The third kappa shape index (κ3) is 5.06. The molecular formula is C25H32N4O5. The van der Waals surface area contributed by atoms with Crippen LogP contribution < -0.4 is 10.9 Å². The van der Waals surface area contributed by atoms with Crippen molar-refractivity contribution < 1.29 is 19.7 Å². The number of ether oxygens (including phenoxy) is 1. The molecule has 3 aromatic rings. The number of aliphatic carboxylic acids is 1. The van der Waals surface area contributed by atoms with Crippen LogP contribution in [0.25, 0.3) is 22.4 Å². The van der Waals surface area contributed by atoms with Crippen LogP contribution in [0.2, 0.25) is 0 Å². The van der Waals surface area contributed by atoms with Crippen LogP contribution in [0.4, 0.5) is 0 Å². The van der Waals surface area contributed by atoms with E-state index >= 15 is 0 Å². The number of carboxylic acids is 1. The summed E-state index contributed by atoms with van der Waals surface area (Å²) in [4.78, 5) is 28.6. The molecule has 0 radical (unpaired) electrons. The zero-order chi connectivity index (χ0) is 24.4. The first kappa shape index (κ1) is 24.1. The highest BCUT2D eigenvalue weighted by Gasteiger charge is 2.23. The van der Waals surface area contributed by atoms with E-state index < -0.39 is 18.1 Å². The van der Waals surface area contributed by atoms with Crippen LogP contribution in [-0.2, 0) is 29.7 Å². The number of pyridine rings is 1. The largest absolute Gasteiger partial charge is 0.480 e. The maximum absolute atomic E-state index is 12.2. The van der Waals surface area contributed by atoms with Gasteiger partial charge in [-0.05, 0) is 50.5 Å². The van der Waals surface area contributed by atoms with Gasteiger partial charge in [0.2, 0.25) is 0 Å². The Bertz CT molecular complexity index is 1210. The molecule has 3 heterocycles. The maximum atomic E-state index is 12.2. The van der Waals surface area contributed by atoms with E-state index in [-0.39, 0.29) is 5.56 Å². The summed E-state index contributed by atoms with van der Waals surface area (Å²) >= 11 is 0. The van der Waals surface area contributed by atoms with Crippen molar-refractivity contribution in [2.75, 3.05) is 13.2 Å². The normalized spacial score (nSPS) is 18.2. The molecule has 0 saturated carbocycles. The maximum Gasteiger partial charge on any atom is 0.323 e. The van der Waals surface area contributed by atoms with Crippen LogP contribution in [0.5, 0.6) is 0 Å². The van der Waals surface area contributed by atoms with Gasteiger partial charge >= 0.3 is 5.97 Å². The Morgan fingerprint density at radius 3 is 2.79 bits per heavy atom. The molecule has 182 valence electrons. The van der Waals surface area contributed by atoms with Gasteiger partial charge in [-0.3, -0.25) is 14.9 Å². The molecular weight excluding hydrogens is 436 g/mol. The number of benzene rings is 1. The summed E-state index contributed by atoms with van der Waals surface area (Å²) in [6.07, 6.45) is 2.89. The first-order chi connectivity index (χ1) is 16.2. The van der Waals surface area contributed by atoms with Crippen molar-refractivity contribution in [1.82, 2.24) is 19.4 Å². The van der Waals surface area contributed by atoms with Crippen molar-refractivity contribution in [3.63, 3.8) is 0 Å². The van der Waals surface area contributed by atoms with Crippen molar-refractivity contribution in [3.05, 3.63) is 51.9 Å². The summed E-state index contributed by atoms with van der Waals surface area (Å²) < 4.78 is 9.47. The number of imidazole rings is 1. The molecule has 1 aliphatic heterocycles. The van der Waals surface area contributed by atoms with Crippen molar-refractivity contribution in [2.24, 2.45) is 13.0 Å². The van der Waals surface area contributed by atoms with Gasteiger partial charge in [-0.25, -0.2) is 4.98 Å². The monoisotopic (exact) mass is 468 g/mol. The third-order valence-electron chi connectivity index (χ3n) is 6.40. The van der Waals surface area contributed by atoms with Crippen LogP contribution in [0.3, 0.4) is 0 Å². The van der Waals surface area contributed by atoms with E-state index in [0.717, 1.165) is 54.0 Å². The Labute approximate surface area is 198 Å². The smallest absolute Gasteiger partial charge is 0.323 e. The lowest BCUT2D eigenvalue weighted by molar-refractivity contribution is -0.142. The van der Waals surface area contributed by atoms with Gasteiger partial charge in [0.25, 0.3) is 5.56 Å². The molecule has 3 atom stereocenters. The first-order valence-corrected chi connectivity index (χ1v) is 11.6. The molecule has 1 aromatic carbocycles. The fourth-order valence-electron chi connectivity index (χ4n) is 4.59. The highest BCUT2D eigenvalue weighted by atomic mass is 16.5. The lowest BCUT2D eigenvalue weighted by Crippen LogP contribution is -2.44. The van der Waals surface area contributed by atoms with Crippen LogP contribution in [0.1, 0.15) is 30.9 Å². The Kier molecular flexibility index (Phi) is 7.16. The molecule has 1 aliphatic rings. The number of rotatable bonds is 8. The average Bonchev–Trinajstić information content (AvgIpc) is 3.15. The number of hydrogen-bond donors (Lipinski definition) is 3. The summed E-state index contributed by atoms with van der Waals surface area (Å²) in [6.45, 7) is 5.77. The summed E-state index contributed by atoms with van der Waals surface area (Å²) in [5.41, 5.74) is 4.15. The predicted molar refractivity (Wildman–Crippen MR) is 129 cm³/mol. The quantitative estimate of drug-likeness (QED) is 0.463. The number of carbonyl (C=O) groups is 1. The van der Waals surface area contributed by atoms with E-state index in [1.54, 1.807) is 18.5 Å². The minimum atomic E-state index is -1.09. The fourth-order valence-corrected chi connectivity index (χ4v) is 4.59. The number of aryl methyl sites for hydroxylation is 2. The number of fused-ring (bicyclic) bond motifs is 1. The Morgan fingerprint density at radius 2 is 2.15 bits per heavy atom. The molecule has 0 amide bonds. The van der Waals surface area contributed by atoms with Crippen molar-refractivity contribution >= 4 is 17.0 Å². The van der Waals surface area contributed by atoms with Crippen molar-refractivity contribution in [1.29, 1.82) is 0 Å². The van der Waals surface area contributed by atoms with E-state index in [1.165, 1.54) is 6.92 Å². The molecule has 34 heavy (non-hydrogen) atoms. The summed E-state index contributed by atoms with van der Waals surface area (Å²) in [5, 5.41) is 22.0. The Morgan fingerprint density at radius 1 is 1.35 bits per heavy atom. The number of aromatic nitrogens is 3. The molecule has 0 bridgehead atoms. The summed E-state index contributed by atoms with van der Waals surface area (Å²) in [5.74, 6) is 0.0504. The molecule has 9 heteroatoms. The molecule has 1 fully saturated rings. The predicted octanol–water partition coefficient (Wildman–Crippen LogP) is 2.06. The number of hydrogen-bond acceptors (Lipinski definition) is 6. The number of nitrogens with one attached hydrogen (secondary N) is 1. The van der Waals surface area contributed by atoms with Crippen LogP contribution in [-0.4, -0.2) is 55.7 Å². The lowest BCUT2D eigenvalue weighted by Gasteiger charge is -2.24. The SMILES string of the molecule is Cc1cc(-c2nc3ccc(CN[C@H](C(=O)O)[C@@H](C)O)cc3n2C[C@H]2CCCOC2)cn(C)c1=O. The summed E-state index contributed by atoms with van der Waals surface area (Å²) in [6, 6.07) is 6.67. The van der Waals surface area contributed by atoms with Gasteiger partial charge in [0.1, 0.15) is 11.9 Å². The van der Waals surface area contributed by atoms with E-state index in [1.807, 2.05) is 30.5 Å². The second-order valence-electron chi connectivity index (χ2n) is 9.22. The van der Waals surface area contributed by atoms with Gasteiger partial charge in [-0.2, -0.15) is 0 Å². The molecule has 4 rings (SSSR count). The number of nitrogens with zero attached hydrogens (tertiary/aromatic N) is 3. The lowest BCUT2D eigenvalue weighted by atomic mass is 10.0. The molecule has 1 saturated heterocycles. The molecule has 0 aliphatic carbocycles. The second kappa shape index (κ2) is 10.1. The highest BCUT2D eigenvalue weighted by molar-refractivity contribution is 5.81. The minimum absolute atomic E-state index is 0.0356. The van der Waals surface area contributed by atoms with Crippen LogP contribution in [0.15, 0.2) is 35.3 Å². The van der Waals surface area contributed by atoms with E-state index in [4.69, 9.17) is 9.72 Å². The van der Waals surface area contributed by atoms with E-state index in [0.29, 0.717) is 24.6 Å². The number of aliphatic hydroxyl groups is 1. The van der Waals surface area contributed by atoms with Gasteiger partial charge in [0, 0.05) is 50.0 Å². The van der Waals surface area contributed by atoms with Crippen molar-refractivity contribution in [3.8, 4) is 11.4 Å². The first-order valence-electron chi connectivity index (χ1n) is 11.6. The number of carboxylic acid groups (broad SMARTS) is 1. The second-order valence-corrected chi connectivity index (χ2v) is 9.22. The third-order valence-corrected chi connectivity index (χ3v) is 6.40. The van der Waals surface area contributed by atoms with Crippen LogP contribution in [0, 0.1) is 12.8 Å². The Balaban J connectivity index is 1.75. The van der Waals surface area contributed by atoms with Gasteiger partial charge in [-0.15, -0.1) is 0 Å². The molecule has 2 aromatic heterocycles. The van der Waals surface area contributed by atoms with Gasteiger partial charge in [0.15, 0.2) is 0 Å². The molecule has 0 unspecified atom stereocenters. The zero-order valence-electron chi connectivity index (χ0n) is 19.8. The standard InChI is InChI=1S/C25H32N4O5/c1-15-9-19(13-28(3)24(15)31)23-27-20-7-6-17(11-26-22(16(2)30)25(32)33)10-21(20)29(23)12-18-5-4-8-34-14-18/h6-7,9-10,13,16,18,22,26,30H,4-5,8,11-12,14H2,1-3H3,(H,32,33)/t16-,18-,22+/m1/s1. The van der Waals surface area contributed by atoms with Gasteiger partial charge < -0.3 is 24.1 Å². The Hall–Kier alpha value is -3.01. The molecule has 9 nitrogen and oxygen atoms in total. The topological polar surface area (TPSA) is 119 Å². The van der Waals surface area contributed by atoms with Crippen molar-refractivity contribution in [2.45, 2.75) is 51.9 Å². The average molecular weight is 469 g/mol. The molecule has 3 N–H and O–H groups in total. The summed E-state index contributed by atoms with van der Waals surface area (Å²) in [7, 11) is 1.74. The fraction of sp³-hybridized carbons (Fsp3) is 0.480.